The summed E-state index contributed by atoms with van der Waals surface area (Å²) >= 11 is 0. The van der Waals surface area contributed by atoms with Crippen molar-refractivity contribution < 1.29 is 28.2 Å². The first-order chi connectivity index (χ1) is 14.6. The zero-order valence-electron chi connectivity index (χ0n) is 17.6. The largest absolute Gasteiger partial charge is 0.497 e. The van der Waals surface area contributed by atoms with Crippen molar-refractivity contribution in [3.63, 3.8) is 0 Å². The lowest BCUT2D eigenvalue weighted by atomic mass is 9.87. The highest BCUT2D eigenvalue weighted by molar-refractivity contribution is 5.92. The number of amides is 2. The molecule has 2 atom stereocenters. The van der Waals surface area contributed by atoms with Crippen molar-refractivity contribution in [2.24, 2.45) is 5.92 Å². The van der Waals surface area contributed by atoms with E-state index in [0.29, 0.717) is 37.7 Å². The lowest BCUT2D eigenvalue weighted by molar-refractivity contribution is -0.125. The standard InChI is InChI=1S/C22H28N2O6/c1-27-10-5-9-23-21(25)18-14-24(22(26)19-6-4-11-30-19)13-17(18)16-8-7-15(28-2)12-20(16)29-3/h4,6-8,11-12,17-18H,5,9-10,13-14H2,1-3H3,(H,23,25)/t17-,18+/m1/s1. The molecule has 1 fully saturated rings. The highest BCUT2D eigenvalue weighted by Crippen LogP contribution is 2.39. The number of furan rings is 1. The Morgan fingerprint density at radius 1 is 1.17 bits per heavy atom. The van der Waals surface area contributed by atoms with Crippen molar-refractivity contribution in [1.29, 1.82) is 0 Å². The number of likely N-dealkylation sites (tertiary alicyclic amines) is 1. The number of rotatable bonds is 9. The van der Waals surface area contributed by atoms with Crippen LogP contribution in [0.15, 0.2) is 41.0 Å². The zero-order valence-corrected chi connectivity index (χ0v) is 17.6. The Kier molecular flexibility index (Phi) is 7.35. The molecule has 30 heavy (non-hydrogen) atoms. The van der Waals surface area contributed by atoms with Gasteiger partial charge in [-0.25, -0.2) is 0 Å². The van der Waals surface area contributed by atoms with Crippen molar-refractivity contribution in [3.8, 4) is 11.5 Å². The summed E-state index contributed by atoms with van der Waals surface area (Å²) in [6.45, 7) is 1.78. The van der Waals surface area contributed by atoms with Crippen LogP contribution < -0.4 is 14.8 Å². The van der Waals surface area contributed by atoms with Crippen LogP contribution in [0.2, 0.25) is 0 Å². The molecule has 0 bridgehead atoms. The molecule has 0 aliphatic carbocycles. The first-order valence-electron chi connectivity index (χ1n) is 9.90. The van der Waals surface area contributed by atoms with E-state index in [4.69, 9.17) is 18.6 Å². The fraction of sp³-hybridized carbons (Fsp3) is 0.455. The molecule has 0 radical (unpaired) electrons. The summed E-state index contributed by atoms with van der Waals surface area (Å²) in [5, 5.41) is 2.97. The molecule has 1 saturated heterocycles. The summed E-state index contributed by atoms with van der Waals surface area (Å²) < 4.78 is 21.1. The van der Waals surface area contributed by atoms with Crippen LogP contribution in [0, 0.1) is 5.92 Å². The van der Waals surface area contributed by atoms with E-state index in [1.54, 1.807) is 44.4 Å². The van der Waals surface area contributed by atoms with Crippen molar-refractivity contribution in [3.05, 3.63) is 47.9 Å². The van der Waals surface area contributed by atoms with Gasteiger partial charge in [0.05, 0.1) is 26.4 Å². The van der Waals surface area contributed by atoms with Crippen molar-refractivity contribution in [1.82, 2.24) is 10.2 Å². The van der Waals surface area contributed by atoms with Gasteiger partial charge < -0.3 is 28.8 Å². The molecule has 8 nitrogen and oxygen atoms in total. The number of nitrogens with one attached hydrogen (secondary N) is 1. The van der Waals surface area contributed by atoms with Crippen LogP contribution in [0.4, 0.5) is 0 Å². The lowest BCUT2D eigenvalue weighted by Gasteiger charge is -2.21. The third kappa shape index (κ3) is 4.76. The van der Waals surface area contributed by atoms with Gasteiger partial charge in [0.15, 0.2) is 5.76 Å². The number of carbonyl (C=O) groups is 2. The smallest absolute Gasteiger partial charge is 0.289 e. The Morgan fingerprint density at radius 3 is 2.67 bits per heavy atom. The van der Waals surface area contributed by atoms with E-state index in [2.05, 4.69) is 5.32 Å². The van der Waals surface area contributed by atoms with E-state index in [1.165, 1.54) is 6.26 Å². The summed E-state index contributed by atoms with van der Waals surface area (Å²) in [5.41, 5.74) is 0.866. The zero-order chi connectivity index (χ0) is 21.5. The van der Waals surface area contributed by atoms with Crippen LogP contribution in [0.1, 0.15) is 28.5 Å². The Bertz CT molecular complexity index is 851. The summed E-state index contributed by atoms with van der Waals surface area (Å²) in [6.07, 6.45) is 2.19. The van der Waals surface area contributed by atoms with Crippen molar-refractivity contribution in [2.75, 3.05) is 47.6 Å². The van der Waals surface area contributed by atoms with Gasteiger partial charge in [0.1, 0.15) is 11.5 Å². The van der Waals surface area contributed by atoms with Gasteiger partial charge >= 0.3 is 0 Å². The SMILES string of the molecule is COCCCNC(=O)[C@H]1CN(C(=O)c2ccco2)C[C@@H]1c1ccc(OC)cc1OC. The van der Waals surface area contributed by atoms with Gasteiger partial charge in [0.25, 0.3) is 5.91 Å². The van der Waals surface area contributed by atoms with Gasteiger partial charge in [0.2, 0.25) is 5.91 Å². The molecule has 2 amide bonds. The summed E-state index contributed by atoms with van der Waals surface area (Å²) in [5.74, 6) is 0.606. The summed E-state index contributed by atoms with van der Waals surface area (Å²) in [7, 11) is 4.80. The Morgan fingerprint density at radius 2 is 2.00 bits per heavy atom. The third-order valence-corrected chi connectivity index (χ3v) is 5.34. The number of benzene rings is 1. The lowest BCUT2D eigenvalue weighted by Crippen LogP contribution is -2.36. The molecule has 0 unspecified atom stereocenters. The second-order valence-corrected chi connectivity index (χ2v) is 7.15. The van der Waals surface area contributed by atoms with Gasteiger partial charge in [-0.15, -0.1) is 0 Å². The molecule has 162 valence electrons. The average Bonchev–Trinajstić information content (AvgIpc) is 3.46. The van der Waals surface area contributed by atoms with Crippen LogP contribution in [0.3, 0.4) is 0 Å². The van der Waals surface area contributed by atoms with Crippen LogP contribution in [0.5, 0.6) is 11.5 Å². The number of hydrogen-bond donors (Lipinski definition) is 1. The van der Waals surface area contributed by atoms with Crippen LogP contribution >= 0.6 is 0 Å². The molecular weight excluding hydrogens is 388 g/mol. The maximum absolute atomic E-state index is 13.0. The van der Waals surface area contributed by atoms with E-state index in [9.17, 15) is 9.59 Å². The fourth-order valence-electron chi connectivity index (χ4n) is 3.79. The van der Waals surface area contributed by atoms with Gasteiger partial charge in [-0.3, -0.25) is 9.59 Å². The Hall–Kier alpha value is -3.00. The molecule has 3 rings (SSSR count). The van der Waals surface area contributed by atoms with E-state index in [0.717, 1.165) is 12.0 Å². The number of nitrogens with zero attached hydrogens (tertiary/aromatic N) is 1. The van der Waals surface area contributed by atoms with Crippen LogP contribution in [-0.4, -0.2) is 64.3 Å². The second kappa shape index (κ2) is 10.2. The number of methoxy groups -OCH3 is 3. The Labute approximate surface area is 176 Å². The molecule has 1 N–H and O–H groups in total. The minimum atomic E-state index is -0.409. The van der Waals surface area contributed by atoms with E-state index in [1.807, 2.05) is 12.1 Å². The molecule has 2 aromatic rings. The molecule has 1 aliphatic rings. The van der Waals surface area contributed by atoms with E-state index >= 15 is 0 Å². The second-order valence-electron chi connectivity index (χ2n) is 7.15. The van der Waals surface area contributed by atoms with E-state index < -0.39 is 5.92 Å². The highest BCUT2D eigenvalue weighted by atomic mass is 16.5. The van der Waals surface area contributed by atoms with Gasteiger partial charge in [-0.2, -0.15) is 0 Å². The quantitative estimate of drug-likeness (QED) is 0.631. The predicted molar refractivity (Wildman–Crippen MR) is 110 cm³/mol. The number of hydrogen-bond acceptors (Lipinski definition) is 6. The maximum Gasteiger partial charge on any atom is 0.289 e. The monoisotopic (exact) mass is 416 g/mol. The minimum Gasteiger partial charge on any atom is -0.497 e. The molecule has 8 heteroatoms. The number of carbonyl (C=O) groups excluding carboxylic acids is 2. The Balaban J connectivity index is 1.85. The molecule has 1 aromatic heterocycles. The van der Waals surface area contributed by atoms with E-state index in [-0.39, 0.29) is 23.5 Å². The van der Waals surface area contributed by atoms with Gasteiger partial charge in [-0.05, 0) is 24.6 Å². The first kappa shape index (κ1) is 21.7. The molecule has 2 heterocycles. The third-order valence-electron chi connectivity index (χ3n) is 5.34. The maximum atomic E-state index is 13.0. The fourth-order valence-corrected chi connectivity index (χ4v) is 3.79. The normalized spacial score (nSPS) is 18.3. The van der Waals surface area contributed by atoms with Gasteiger partial charge in [0, 0.05) is 50.9 Å². The van der Waals surface area contributed by atoms with Crippen molar-refractivity contribution >= 4 is 11.8 Å². The predicted octanol–water partition coefficient (Wildman–Crippen LogP) is 2.31. The van der Waals surface area contributed by atoms with Crippen molar-refractivity contribution in [2.45, 2.75) is 12.3 Å². The molecular formula is C22H28N2O6. The van der Waals surface area contributed by atoms with Gasteiger partial charge in [-0.1, -0.05) is 6.07 Å². The topological polar surface area (TPSA) is 90.2 Å². The molecule has 0 saturated carbocycles. The summed E-state index contributed by atoms with van der Waals surface area (Å²) in [6, 6.07) is 8.83. The summed E-state index contributed by atoms with van der Waals surface area (Å²) in [4.78, 5) is 27.5. The number of ether oxygens (including phenoxy) is 3. The molecule has 0 spiro atoms. The highest BCUT2D eigenvalue weighted by Gasteiger charge is 2.42. The average molecular weight is 416 g/mol. The molecule has 1 aromatic carbocycles. The van der Waals surface area contributed by atoms with Crippen LogP contribution in [0.25, 0.3) is 0 Å². The minimum absolute atomic E-state index is 0.0938. The first-order valence-corrected chi connectivity index (χ1v) is 9.90. The molecule has 1 aliphatic heterocycles. The van der Waals surface area contributed by atoms with Crippen LogP contribution in [-0.2, 0) is 9.53 Å².